The number of hydrogen-bond donors (Lipinski definition) is 2. The number of morpholine rings is 1. The van der Waals surface area contributed by atoms with Gasteiger partial charge in [-0.05, 0) is 20.8 Å². The highest BCUT2D eigenvalue weighted by atomic mass is 127. The van der Waals surface area contributed by atoms with Crippen LogP contribution < -0.4 is 10.6 Å². The topological polar surface area (TPSA) is 86.3 Å². The van der Waals surface area contributed by atoms with Gasteiger partial charge in [0.05, 0.1) is 25.5 Å². The van der Waals surface area contributed by atoms with Crippen molar-refractivity contribution in [2.75, 3.05) is 76.3 Å². The fourth-order valence-electron chi connectivity index (χ4n) is 3.14. The molecule has 0 aromatic heterocycles. The molecule has 2 saturated heterocycles. The lowest BCUT2D eigenvalue weighted by atomic mass is 10.0. The summed E-state index contributed by atoms with van der Waals surface area (Å²) in [6.45, 7) is 12.7. The summed E-state index contributed by atoms with van der Waals surface area (Å²) in [5.41, 5.74) is -0.0658. The van der Waals surface area contributed by atoms with Crippen molar-refractivity contribution in [3.05, 3.63) is 0 Å². The highest BCUT2D eigenvalue weighted by Gasteiger charge is 2.28. The summed E-state index contributed by atoms with van der Waals surface area (Å²) in [4.78, 5) is 7.08. The van der Waals surface area contributed by atoms with Crippen molar-refractivity contribution in [1.82, 2.24) is 19.8 Å². The number of nitrogens with one attached hydrogen (secondary N) is 2. The molecule has 0 amide bonds. The van der Waals surface area contributed by atoms with Gasteiger partial charge >= 0.3 is 0 Å². The molecule has 0 aromatic rings. The SMILES string of the molecule is CCNC(=NCC(C)(C)N1CCOCC1)NCCS(=O)(=O)N1CCSCC1.I. The van der Waals surface area contributed by atoms with E-state index in [0.717, 1.165) is 44.4 Å². The molecule has 0 radical (unpaired) electrons. The molecule has 0 unspecified atom stereocenters. The van der Waals surface area contributed by atoms with Crippen LogP contribution in [0.2, 0.25) is 0 Å². The van der Waals surface area contributed by atoms with Crippen LogP contribution in [0.25, 0.3) is 0 Å². The summed E-state index contributed by atoms with van der Waals surface area (Å²) in [6, 6.07) is 0. The molecule has 2 aliphatic heterocycles. The van der Waals surface area contributed by atoms with Crippen LogP contribution >= 0.6 is 35.7 Å². The molecule has 0 spiro atoms. The van der Waals surface area contributed by atoms with Gasteiger partial charge in [0, 0.05) is 56.3 Å². The second-order valence-electron chi connectivity index (χ2n) is 7.36. The molecule has 11 heteroatoms. The molecule has 0 aromatic carbocycles. The van der Waals surface area contributed by atoms with Crippen LogP contribution in [0, 0.1) is 0 Å². The standard InChI is InChI=1S/C17H35N5O3S2.HI/c1-4-18-16(20-15-17(2,3)21-6-10-25-11-7-21)19-5-14-27(23,24)22-8-12-26-13-9-22;/h4-15H2,1-3H3,(H2,18,19,20);1H. The molecule has 0 aliphatic carbocycles. The maximum Gasteiger partial charge on any atom is 0.215 e. The summed E-state index contributed by atoms with van der Waals surface area (Å²) >= 11 is 1.81. The van der Waals surface area contributed by atoms with E-state index >= 15 is 0 Å². The van der Waals surface area contributed by atoms with Gasteiger partial charge in [0.2, 0.25) is 10.0 Å². The molecule has 2 heterocycles. The zero-order chi connectivity index (χ0) is 19.8. The Morgan fingerprint density at radius 2 is 1.79 bits per heavy atom. The Labute approximate surface area is 191 Å². The molecule has 28 heavy (non-hydrogen) atoms. The highest BCUT2D eigenvalue weighted by Crippen LogP contribution is 2.16. The quantitative estimate of drug-likeness (QED) is 0.261. The van der Waals surface area contributed by atoms with Crippen LogP contribution in [0.1, 0.15) is 20.8 Å². The van der Waals surface area contributed by atoms with Crippen molar-refractivity contribution < 1.29 is 13.2 Å². The Bertz CT molecular complexity index is 577. The fraction of sp³-hybridized carbons (Fsp3) is 0.941. The van der Waals surface area contributed by atoms with Gasteiger partial charge in [0.25, 0.3) is 0 Å². The third-order valence-electron chi connectivity index (χ3n) is 4.85. The van der Waals surface area contributed by atoms with Crippen molar-refractivity contribution in [2.24, 2.45) is 4.99 Å². The number of thioether (sulfide) groups is 1. The second-order valence-corrected chi connectivity index (χ2v) is 10.7. The molecular formula is C17H36IN5O3S2. The molecule has 0 bridgehead atoms. The van der Waals surface area contributed by atoms with E-state index in [4.69, 9.17) is 9.73 Å². The molecule has 0 saturated carbocycles. The van der Waals surface area contributed by atoms with Gasteiger partial charge in [-0.1, -0.05) is 0 Å². The van der Waals surface area contributed by atoms with E-state index < -0.39 is 10.0 Å². The summed E-state index contributed by atoms with van der Waals surface area (Å²) in [5, 5.41) is 6.38. The van der Waals surface area contributed by atoms with Gasteiger partial charge in [-0.15, -0.1) is 24.0 Å². The summed E-state index contributed by atoms with van der Waals surface area (Å²) in [5.74, 6) is 2.53. The minimum absolute atomic E-state index is 0. The van der Waals surface area contributed by atoms with Crippen molar-refractivity contribution in [1.29, 1.82) is 0 Å². The van der Waals surface area contributed by atoms with Gasteiger partial charge in [-0.3, -0.25) is 9.89 Å². The minimum atomic E-state index is -3.20. The van der Waals surface area contributed by atoms with Crippen LogP contribution in [-0.4, -0.2) is 105 Å². The summed E-state index contributed by atoms with van der Waals surface area (Å²) in [7, 11) is -3.20. The van der Waals surface area contributed by atoms with E-state index in [0.29, 0.717) is 32.1 Å². The average Bonchev–Trinajstić information content (AvgIpc) is 2.67. The van der Waals surface area contributed by atoms with Crippen molar-refractivity contribution in [2.45, 2.75) is 26.3 Å². The summed E-state index contributed by atoms with van der Waals surface area (Å²) in [6.07, 6.45) is 0. The van der Waals surface area contributed by atoms with Crippen molar-refractivity contribution >= 4 is 51.7 Å². The van der Waals surface area contributed by atoms with Gasteiger partial charge in [0.15, 0.2) is 5.96 Å². The van der Waals surface area contributed by atoms with E-state index in [9.17, 15) is 8.42 Å². The monoisotopic (exact) mass is 549 g/mol. The Morgan fingerprint density at radius 1 is 1.14 bits per heavy atom. The lowest BCUT2D eigenvalue weighted by Crippen LogP contribution is -2.52. The maximum absolute atomic E-state index is 12.4. The second kappa shape index (κ2) is 12.8. The molecule has 2 rings (SSSR count). The third-order valence-corrected chi connectivity index (χ3v) is 7.67. The van der Waals surface area contributed by atoms with Gasteiger partial charge in [-0.25, -0.2) is 12.7 Å². The van der Waals surface area contributed by atoms with Gasteiger partial charge < -0.3 is 15.4 Å². The number of sulfonamides is 1. The number of halogens is 1. The first-order valence-electron chi connectivity index (χ1n) is 9.76. The van der Waals surface area contributed by atoms with Crippen LogP contribution in [0.5, 0.6) is 0 Å². The van der Waals surface area contributed by atoms with Crippen LogP contribution in [-0.2, 0) is 14.8 Å². The Hall–Kier alpha value is 0.180. The molecular weight excluding hydrogens is 513 g/mol. The number of guanidine groups is 1. The zero-order valence-electron chi connectivity index (χ0n) is 17.3. The van der Waals surface area contributed by atoms with Crippen LogP contribution in [0.4, 0.5) is 0 Å². The maximum atomic E-state index is 12.4. The Kier molecular flexibility index (Phi) is 12.0. The predicted molar refractivity (Wildman–Crippen MR) is 129 cm³/mol. The number of nitrogens with zero attached hydrogens (tertiary/aromatic N) is 3. The molecule has 8 nitrogen and oxygen atoms in total. The first-order valence-corrected chi connectivity index (χ1v) is 12.5. The van der Waals surface area contributed by atoms with Gasteiger partial charge in [0.1, 0.15) is 0 Å². The fourth-order valence-corrected chi connectivity index (χ4v) is 5.63. The first-order chi connectivity index (χ1) is 12.8. The van der Waals surface area contributed by atoms with E-state index in [1.165, 1.54) is 0 Å². The number of ether oxygens (including phenoxy) is 1. The van der Waals surface area contributed by atoms with Crippen molar-refractivity contribution in [3.63, 3.8) is 0 Å². The smallest absolute Gasteiger partial charge is 0.215 e. The third kappa shape index (κ3) is 8.50. The molecule has 166 valence electrons. The minimum Gasteiger partial charge on any atom is -0.379 e. The molecule has 2 fully saturated rings. The van der Waals surface area contributed by atoms with Crippen LogP contribution in [0.15, 0.2) is 4.99 Å². The van der Waals surface area contributed by atoms with Crippen LogP contribution in [0.3, 0.4) is 0 Å². The summed E-state index contributed by atoms with van der Waals surface area (Å²) < 4.78 is 31.9. The highest BCUT2D eigenvalue weighted by molar-refractivity contribution is 14.0. The van der Waals surface area contributed by atoms with E-state index in [1.807, 2.05) is 18.7 Å². The lowest BCUT2D eigenvalue weighted by Gasteiger charge is -2.39. The normalized spacial score (nSPS) is 20.5. The van der Waals surface area contributed by atoms with Gasteiger partial charge in [-0.2, -0.15) is 11.8 Å². The lowest BCUT2D eigenvalue weighted by molar-refractivity contribution is -0.00683. The Balaban J connectivity index is 0.00000392. The predicted octanol–water partition coefficient (Wildman–Crippen LogP) is 0.649. The average molecular weight is 550 g/mol. The Morgan fingerprint density at radius 3 is 2.39 bits per heavy atom. The number of aliphatic imine (C=N–C) groups is 1. The molecule has 2 aliphatic rings. The van der Waals surface area contributed by atoms with E-state index in [-0.39, 0.29) is 35.3 Å². The van der Waals surface area contributed by atoms with Crippen molar-refractivity contribution in [3.8, 4) is 0 Å². The molecule has 2 N–H and O–H groups in total. The zero-order valence-corrected chi connectivity index (χ0v) is 21.2. The largest absolute Gasteiger partial charge is 0.379 e. The first kappa shape index (κ1) is 26.2. The van der Waals surface area contributed by atoms with E-state index in [2.05, 4.69) is 29.4 Å². The van der Waals surface area contributed by atoms with E-state index in [1.54, 1.807) is 4.31 Å². The number of hydrogen-bond acceptors (Lipinski definition) is 6. The number of rotatable bonds is 8. The molecule has 0 atom stereocenters.